The topological polar surface area (TPSA) is 166 Å². The van der Waals surface area contributed by atoms with E-state index in [2.05, 4.69) is 30.5 Å². The third-order valence-electron chi connectivity index (χ3n) is 5.48. The zero-order chi connectivity index (χ0) is 26.8. The maximum Gasteiger partial charge on any atom is 0.410 e. The van der Waals surface area contributed by atoms with Gasteiger partial charge in [0.1, 0.15) is 23.7 Å². The molecule has 0 saturated heterocycles. The number of ether oxygens (including phenoxy) is 1. The maximum atomic E-state index is 14.5. The van der Waals surface area contributed by atoms with Crippen LogP contribution in [-0.2, 0) is 6.54 Å². The zero-order valence-electron chi connectivity index (χ0n) is 19.5. The Hall–Kier alpha value is -5.11. The molecule has 3 N–H and O–H groups in total. The second-order valence-electron chi connectivity index (χ2n) is 7.85. The van der Waals surface area contributed by atoms with E-state index in [9.17, 15) is 14.0 Å². The number of carboxylic acid groups (broad SMARTS) is 1. The van der Waals surface area contributed by atoms with E-state index >= 15 is 0 Å². The Morgan fingerprint density at radius 3 is 2.76 bits per heavy atom. The van der Waals surface area contributed by atoms with Gasteiger partial charge < -0.3 is 19.4 Å². The van der Waals surface area contributed by atoms with E-state index in [1.807, 2.05) is 5.32 Å². The van der Waals surface area contributed by atoms with Gasteiger partial charge in [-0.2, -0.15) is 9.07 Å². The van der Waals surface area contributed by atoms with Crippen LogP contribution in [0.25, 0.3) is 28.1 Å². The molecule has 38 heavy (non-hydrogen) atoms. The predicted molar refractivity (Wildman–Crippen MR) is 133 cm³/mol. The number of rotatable bonds is 7. The third-order valence-corrected chi connectivity index (χ3v) is 5.71. The summed E-state index contributed by atoms with van der Waals surface area (Å²) in [5.41, 5.74) is 1.66. The van der Waals surface area contributed by atoms with Crippen molar-refractivity contribution < 1.29 is 19.0 Å². The van der Waals surface area contributed by atoms with Crippen molar-refractivity contribution in [2.45, 2.75) is 6.54 Å². The van der Waals surface area contributed by atoms with Gasteiger partial charge in [0.15, 0.2) is 0 Å². The van der Waals surface area contributed by atoms with Crippen molar-refractivity contribution in [3.8, 4) is 33.8 Å². The second kappa shape index (κ2) is 10.1. The molecule has 192 valence electrons. The van der Waals surface area contributed by atoms with Crippen molar-refractivity contribution >= 4 is 23.5 Å². The van der Waals surface area contributed by atoms with Crippen LogP contribution in [0.15, 0.2) is 59.9 Å². The molecule has 0 saturated carbocycles. The number of amides is 1. The van der Waals surface area contributed by atoms with Gasteiger partial charge in [-0.05, 0) is 40.8 Å². The molecule has 0 unspecified atom stereocenters. The molecule has 5 aromatic rings. The van der Waals surface area contributed by atoms with Crippen LogP contribution in [0, 0.1) is 5.95 Å². The fourth-order valence-electron chi connectivity index (χ4n) is 3.80. The van der Waals surface area contributed by atoms with Gasteiger partial charge in [0.25, 0.3) is 5.56 Å². The van der Waals surface area contributed by atoms with Crippen LogP contribution >= 0.6 is 11.6 Å². The zero-order valence-corrected chi connectivity index (χ0v) is 20.2. The van der Waals surface area contributed by atoms with Crippen molar-refractivity contribution in [3.05, 3.63) is 82.3 Å². The Labute approximate surface area is 217 Å². The Balaban J connectivity index is 1.46. The summed E-state index contributed by atoms with van der Waals surface area (Å²) in [7, 11) is 1.47. The molecular formula is C23H17ClFN9O4. The van der Waals surface area contributed by atoms with Crippen molar-refractivity contribution in [1.82, 2.24) is 39.7 Å². The summed E-state index contributed by atoms with van der Waals surface area (Å²) in [5, 5.41) is 22.4. The summed E-state index contributed by atoms with van der Waals surface area (Å²) >= 11 is 6.24. The number of hydrogen-bond donors (Lipinski definition) is 3. The normalized spacial score (nSPS) is 10.9. The number of methoxy groups -OCH3 is 1. The van der Waals surface area contributed by atoms with Crippen molar-refractivity contribution in [3.63, 3.8) is 0 Å². The van der Waals surface area contributed by atoms with Gasteiger partial charge in [0.05, 0.1) is 43.0 Å². The number of imidazole rings is 1. The molecule has 1 aromatic carbocycles. The molecule has 0 fully saturated rings. The molecule has 0 aliphatic carbocycles. The largest absolute Gasteiger partial charge is 0.495 e. The fourth-order valence-corrected chi connectivity index (χ4v) is 3.97. The van der Waals surface area contributed by atoms with Gasteiger partial charge in [0.2, 0.25) is 5.95 Å². The average molecular weight is 538 g/mol. The van der Waals surface area contributed by atoms with E-state index in [-0.39, 0.29) is 23.5 Å². The number of benzene rings is 1. The van der Waals surface area contributed by atoms with Gasteiger partial charge in [-0.3, -0.25) is 10.1 Å². The number of anilines is 1. The first-order valence-corrected chi connectivity index (χ1v) is 11.2. The van der Waals surface area contributed by atoms with Gasteiger partial charge in [-0.25, -0.2) is 14.8 Å². The molecule has 13 nitrogen and oxygen atoms in total. The summed E-state index contributed by atoms with van der Waals surface area (Å²) in [5.74, 6) is -0.305. The van der Waals surface area contributed by atoms with Crippen LogP contribution in [0.5, 0.6) is 5.75 Å². The molecule has 0 atom stereocenters. The van der Waals surface area contributed by atoms with Crippen LogP contribution in [0.2, 0.25) is 5.02 Å². The van der Waals surface area contributed by atoms with Crippen molar-refractivity contribution in [2.75, 3.05) is 12.4 Å². The molecule has 4 aromatic heterocycles. The maximum absolute atomic E-state index is 14.5. The lowest BCUT2D eigenvalue weighted by molar-refractivity contribution is 0.209. The van der Waals surface area contributed by atoms with E-state index < -0.39 is 12.0 Å². The molecule has 0 bridgehead atoms. The smallest absolute Gasteiger partial charge is 0.410 e. The molecule has 1 amide bonds. The predicted octanol–water partition coefficient (Wildman–Crippen LogP) is 3.22. The minimum absolute atomic E-state index is 0.0264. The van der Waals surface area contributed by atoms with Gasteiger partial charge >= 0.3 is 6.09 Å². The monoisotopic (exact) mass is 537 g/mol. The quantitative estimate of drug-likeness (QED) is 0.264. The lowest BCUT2D eigenvalue weighted by atomic mass is 10.0. The Morgan fingerprint density at radius 2 is 2.05 bits per heavy atom. The van der Waals surface area contributed by atoms with Crippen LogP contribution in [0.4, 0.5) is 15.0 Å². The minimum atomic E-state index is -1.36. The highest BCUT2D eigenvalue weighted by Crippen LogP contribution is 2.34. The number of halogens is 2. The molecule has 0 radical (unpaired) electrons. The van der Waals surface area contributed by atoms with Gasteiger partial charge in [-0.15, -0.1) is 5.10 Å². The lowest BCUT2D eigenvalue weighted by Crippen LogP contribution is -2.20. The summed E-state index contributed by atoms with van der Waals surface area (Å²) in [4.78, 5) is 34.6. The summed E-state index contributed by atoms with van der Waals surface area (Å²) in [6.45, 7) is 0.0264. The van der Waals surface area contributed by atoms with E-state index in [1.54, 1.807) is 18.2 Å². The SMILES string of the molecule is COc1cn(Cc2ncc(-c3ccc(NC(=O)O)nc3F)[nH]2)c(=O)cc1-c1cc(Cl)ccc1-n1cnnn1. The third kappa shape index (κ3) is 4.92. The molecule has 4 heterocycles. The Bertz CT molecular complexity index is 1700. The molecule has 15 heteroatoms. The fraction of sp³-hybridized carbons (Fsp3) is 0.0870. The summed E-state index contributed by atoms with van der Waals surface area (Å²) in [6.07, 6.45) is 2.98. The number of tetrazole rings is 1. The second-order valence-corrected chi connectivity index (χ2v) is 8.28. The highest BCUT2D eigenvalue weighted by Gasteiger charge is 2.17. The average Bonchev–Trinajstić information content (AvgIpc) is 3.57. The first kappa shape index (κ1) is 24.6. The van der Waals surface area contributed by atoms with E-state index in [0.717, 1.165) is 0 Å². The minimum Gasteiger partial charge on any atom is -0.495 e. The van der Waals surface area contributed by atoms with Crippen LogP contribution in [-0.4, -0.2) is 58.0 Å². The summed E-state index contributed by atoms with van der Waals surface area (Å²) in [6, 6.07) is 9.17. The highest BCUT2D eigenvalue weighted by molar-refractivity contribution is 6.31. The number of nitrogens with zero attached hydrogens (tertiary/aromatic N) is 7. The number of aromatic amines is 1. The molecule has 0 spiro atoms. The number of hydrogen-bond acceptors (Lipinski definition) is 8. The van der Waals surface area contributed by atoms with Gasteiger partial charge in [0, 0.05) is 22.2 Å². The number of carbonyl (C=O) groups is 1. The standard InChI is InChI=1S/C23H17ClFN9O4/c1-38-18-9-33(10-20-26-8-16(28-20)13-3-5-19(29-22(13)25)30-23(36)37)21(35)7-15(18)14-6-12(24)2-4-17(14)34-11-27-31-32-34/h2-9,11H,10H2,1H3,(H,26,28)(H,29,30)(H,36,37). The van der Waals surface area contributed by atoms with Crippen LogP contribution in [0.1, 0.15) is 5.82 Å². The number of aromatic nitrogens is 8. The number of H-pyrrole nitrogens is 1. The van der Waals surface area contributed by atoms with E-state index in [0.29, 0.717) is 39.1 Å². The lowest BCUT2D eigenvalue weighted by Gasteiger charge is -2.15. The molecule has 0 aliphatic heterocycles. The van der Waals surface area contributed by atoms with Crippen LogP contribution in [0.3, 0.4) is 0 Å². The Morgan fingerprint density at radius 1 is 1.21 bits per heavy atom. The number of pyridine rings is 2. The van der Waals surface area contributed by atoms with Crippen molar-refractivity contribution in [1.29, 1.82) is 0 Å². The molecule has 0 aliphatic rings. The van der Waals surface area contributed by atoms with Gasteiger partial charge in [-0.1, -0.05) is 11.6 Å². The van der Waals surface area contributed by atoms with Crippen LogP contribution < -0.4 is 15.6 Å². The first-order chi connectivity index (χ1) is 18.3. The van der Waals surface area contributed by atoms with E-state index in [1.165, 1.54) is 53.3 Å². The summed E-state index contributed by atoms with van der Waals surface area (Å²) < 4.78 is 22.9. The number of nitrogens with one attached hydrogen (secondary N) is 2. The highest BCUT2D eigenvalue weighted by atomic mass is 35.5. The van der Waals surface area contributed by atoms with E-state index in [4.69, 9.17) is 21.4 Å². The van der Waals surface area contributed by atoms with Crippen molar-refractivity contribution in [2.24, 2.45) is 0 Å². The Kier molecular flexibility index (Phi) is 6.53. The molecule has 5 rings (SSSR count). The first-order valence-electron chi connectivity index (χ1n) is 10.8. The molecular weight excluding hydrogens is 521 g/mol.